The second-order valence-corrected chi connectivity index (χ2v) is 7.74. The van der Waals surface area contributed by atoms with E-state index in [9.17, 15) is 13.2 Å². The Hall–Kier alpha value is -2.90. The molecule has 0 aliphatic carbocycles. The van der Waals surface area contributed by atoms with Gasteiger partial charge >= 0.3 is 0 Å². The van der Waals surface area contributed by atoms with Crippen molar-refractivity contribution >= 4 is 21.6 Å². The zero-order valence-corrected chi connectivity index (χ0v) is 16.6. The second-order valence-electron chi connectivity index (χ2n) is 5.81. The highest BCUT2D eigenvalue weighted by Crippen LogP contribution is 2.22. The lowest BCUT2D eigenvalue weighted by Gasteiger charge is -2.19. The number of rotatable bonds is 10. The van der Waals surface area contributed by atoms with Crippen molar-refractivity contribution in [1.29, 1.82) is 0 Å². The molecule has 0 heterocycles. The fourth-order valence-electron chi connectivity index (χ4n) is 2.55. The topological polar surface area (TPSA) is 75.7 Å². The van der Waals surface area contributed by atoms with Crippen LogP contribution in [0.1, 0.15) is 17.3 Å². The number of hydrogen-bond acceptors (Lipinski definition) is 4. The Balaban J connectivity index is 2.20. The van der Waals surface area contributed by atoms with E-state index in [0.717, 1.165) is 0 Å². The Morgan fingerprint density at radius 3 is 2.25 bits per heavy atom. The monoisotopic (exact) mass is 400 g/mol. The second kappa shape index (κ2) is 9.87. The fourth-order valence-corrected chi connectivity index (χ4v) is 3.93. The molecule has 6 nitrogen and oxygen atoms in total. The summed E-state index contributed by atoms with van der Waals surface area (Å²) in [5.41, 5.74) is 0.887. The number of nitrogens with zero attached hydrogens (tertiary/aromatic N) is 1. The number of nitrogens with one attached hydrogen (secondary N) is 1. The van der Waals surface area contributed by atoms with Gasteiger partial charge in [-0.3, -0.25) is 4.79 Å². The average molecular weight is 401 g/mol. The summed E-state index contributed by atoms with van der Waals surface area (Å²) >= 11 is 0. The minimum Gasteiger partial charge on any atom is -0.493 e. The molecule has 0 unspecified atom stereocenters. The lowest BCUT2D eigenvalue weighted by atomic mass is 10.2. The highest BCUT2D eigenvalue weighted by atomic mass is 32.2. The third-order valence-corrected chi connectivity index (χ3v) is 5.69. The normalized spacial score (nSPS) is 11.1. The summed E-state index contributed by atoms with van der Waals surface area (Å²) in [7, 11) is -3.68. The molecule has 0 aromatic heterocycles. The van der Waals surface area contributed by atoms with Gasteiger partial charge in [0.2, 0.25) is 10.0 Å². The number of sulfonamides is 1. The van der Waals surface area contributed by atoms with E-state index in [1.54, 1.807) is 36.4 Å². The molecule has 2 rings (SSSR count). The molecule has 0 saturated carbocycles. The Kier molecular flexibility index (Phi) is 7.54. The van der Waals surface area contributed by atoms with Gasteiger partial charge in [-0.2, -0.15) is 4.31 Å². The van der Waals surface area contributed by atoms with Crippen LogP contribution < -0.4 is 10.1 Å². The summed E-state index contributed by atoms with van der Waals surface area (Å²) in [5.74, 6) is 0.158. The number of ether oxygens (including phenoxy) is 1. The molecule has 0 fully saturated rings. The Bertz CT molecular complexity index is 927. The van der Waals surface area contributed by atoms with Crippen LogP contribution in [0, 0.1) is 0 Å². The molecule has 2 aromatic carbocycles. The zero-order chi connectivity index (χ0) is 20.6. The number of anilines is 1. The molecule has 0 aliphatic heterocycles. The predicted octanol–water partition coefficient (Wildman–Crippen LogP) is 3.70. The lowest BCUT2D eigenvalue weighted by Crippen LogP contribution is -2.31. The maximum Gasteiger partial charge on any atom is 0.259 e. The first kappa shape index (κ1) is 21.4. The Morgan fingerprint density at radius 2 is 1.68 bits per heavy atom. The van der Waals surface area contributed by atoms with Crippen molar-refractivity contribution in [3.63, 3.8) is 0 Å². The molecule has 1 amide bonds. The van der Waals surface area contributed by atoms with Gasteiger partial charge in [-0.1, -0.05) is 24.3 Å². The van der Waals surface area contributed by atoms with Crippen molar-refractivity contribution in [3.8, 4) is 5.75 Å². The maximum atomic E-state index is 12.7. The molecule has 0 spiro atoms. The summed E-state index contributed by atoms with van der Waals surface area (Å²) in [6.07, 6.45) is 3.04. The molecular weight excluding hydrogens is 376 g/mol. The van der Waals surface area contributed by atoms with Gasteiger partial charge in [0.25, 0.3) is 5.91 Å². The molecule has 0 radical (unpaired) electrons. The number of para-hydroxylation sites is 1. The molecule has 0 saturated heterocycles. The summed E-state index contributed by atoms with van der Waals surface area (Å²) in [6, 6.07) is 12.9. The molecule has 1 N–H and O–H groups in total. The van der Waals surface area contributed by atoms with E-state index < -0.39 is 10.0 Å². The quantitative estimate of drug-likeness (QED) is 0.617. The maximum absolute atomic E-state index is 12.7. The highest BCUT2D eigenvalue weighted by Gasteiger charge is 2.22. The predicted molar refractivity (Wildman–Crippen MR) is 111 cm³/mol. The van der Waals surface area contributed by atoms with Crippen LogP contribution in [0.3, 0.4) is 0 Å². The summed E-state index contributed by atoms with van der Waals surface area (Å²) in [6.45, 7) is 9.83. The molecule has 2 aromatic rings. The first-order chi connectivity index (χ1) is 13.4. The van der Waals surface area contributed by atoms with E-state index in [-0.39, 0.29) is 23.9 Å². The van der Waals surface area contributed by atoms with Crippen molar-refractivity contribution in [3.05, 3.63) is 79.4 Å². The van der Waals surface area contributed by atoms with Crippen LogP contribution in [0.25, 0.3) is 0 Å². The lowest BCUT2D eigenvalue weighted by molar-refractivity contribution is 0.102. The Labute approximate surface area is 166 Å². The minimum atomic E-state index is -3.68. The van der Waals surface area contributed by atoms with E-state index in [1.807, 2.05) is 6.92 Å². The largest absolute Gasteiger partial charge is 0.493 e. The van der Waals surface area contributed by atoms with Gasteiger partial charge < -0.3 is 10.1 Å². The van der Waals surface area contributed by atoms with Crippen molar-refractivity contribution in [2.75, 3.05) is 25.0 Å². The SMILES string of the molecule is C=CCN(CC=C)S(=O)(=O)c1ccc(NC(=O)c2ccccc2OCC)cc1. The van der Waals surface area contributed by atoms with Gasteiger partial charge in [-0.15, -0.1) is 13.2 Å². The van der Waals surface area contributed by atoms with E-state index in [2.05, 4.69) is 18.5 Å². The summed E-state index contributed by atoms with van der Waals surface area (Å²) in [5, 5.41) is 2.76. The number of carbonyl (C=O) groups excluding carboxylic acids is 1. The van der Waals surface area contributed by atoms with Crippen molar-refractivity contribution in [2.24, 2.45) is 0 Å². The van der Waals surface area contributed by atoms with Crippen molar-refractivity contribution in [1.82, 2.24) is 4.31 Å². The first-order valence-electron chi connectivity index (χ1n) is 8.79. The molecule has 7 heteroatoms. The van der Waals surface area contributed by atoms with Gasteiger partial charge in [0.05, 0.1) is 17.1 Å². The average Bonchev–Trinajstić information content (AvgIpc) is 2.69. The van der Waals surface area contributed by atoms with Gasteiger partial charge in [0.15, 0.2) is 0 Å². The van der Waals surface area contributed by atoms with Crippen molar-refractivity contribution < 1.29 is 17.9 Å². The summed E-state index contributed by atoms with van der Waals surface area (Å²) < 4.78 is 32.2. The molecule has 28 heavy (non-hydrogen) atoms. The van der Waals surface area contributed by atoms with E-state index in [1.165, 1.54) is 28.6 Å². The van der Waals surface area contributed by atoms with Crippen molar-refractivity contribution in [2.45, 2.75) is 11.8 Å². The highest BCUT2D eigenvalue weighted by molar-refractivity contribution is 7.89. The summed E-state index contributed by atoms with van der Waals surface area (Å²) in [4.78, 5) is 12.7. The van der Waals surface area contributed by atoms with Crippen LogP contribution in [-0.2, 0) is 10.0 Å². The number of carbonyl (C=O) groups is 1. The van der Waals surface area contributed by atoms with E-state index >= 15 is 0 Å². The van der Waals surface area contributed by atoms with Crippen LogP contribution >= 0.6 is 0 Å². The molecular formula is C21H24N2O4S. The number of amides is 1. The smallest absolute Gasteiger partial charge is 0.259 e. The molecule has 0 bridgehead atoms. The zero-order valence-electron chi connectivity index (χ0n) is 15.8. The first-order valence-corrected chi connectivity index (χ1v) is 10.2. The van der Waals surface area contributed by atoms with Crippen LogP contribution in [0.2, 0.25) is 0 Å². The van der Waals surface area contributed by atoms with Gasteiger partial charge in [0, 0.05) is 18.8 Å². The van der Waals surface area contributed by atoms with Crippen LogP contribution in [-0.4, -0.2) is 38.3 Å². The van der Waals surface area contributed by atoms with Crippen LogP contribution in [0.4, 0.5) is 5.69 Å². The third kappa shape index (κ3) is 5.09. The van der Waals surface area contributed by atoms with Gasteiger partial charge in [0.1, 0.15) is 5.75 Å². The third-order valence-electron chi connectivity index (χ3n) is 3.85. The molecule has 0 atom stereocenters. The minimum absolute atomic E-state index is 0.129. The Morgan fingerprint density at radius 1 is 1.07 bits per heavy atom. The number of hydrogen-bond donors (Lipinski definition) is 1. The van der Waals surface area contributed by atoms with E-state index in [4.69, 9.17) is 4.74 Å². The van der Waals surface area contributed by atoms with E-state index in [0.29, 0.717) is 23.6 Å². The van der Waals surface area contributed by atoms with Crippen LogP contribution in [0.5, 0.6) is 5.75 Å². The molecule has 0 aliphatic rings. The standard InChI is InChI=1S/C21H24N2O4S/c1-4-15-23(16-5-2)28(25,26)18-13-11-17(12-14-18)22-21(24)19-9-7-8-10-20(19)27-6-3/h4-5,7-14H,1-2,6,15-16H2,3H3,(H,22,24). The van der Waals surface area contributed by atoms with Crippen LogP contribution in [0.15, 0.2) is 78.7 Å². The molecule has 148 valence electrons. The number of benzene rings is 2. The fraction of sp³-hybridized carbons (Fsp3) is 0.190. The van der Waals surface area contributed by atoms with Gasteiger partial charge in [-0.05, 0) is 43.3 Å². The van der Waals surface area contributed by atoms with Gasteiger partial charge in [-0.25, -0.2) is 8.42 Å².